The molecule has 1 aromatic carbocycles. The van der Waals surface area contributed by atoms with Crippen molar-refractivity contribution in [1.82, 2.24) is 20.1 Å². The largest absolute Gasteiger partial charge is 0.493 e. The summed E-state index contributed by atoms with van der Waals surface area (Å²) < 4.78 is 11.7. The summed E-state index contributed by atoms with van der Waals surface area (Å²) in [6, 6.07) is 8.45. The van der Waals surface area contributed by atoms with Gasteiger partial charge in [0.15, 0.2) is 17.1 Å². The number of hydrogen-bond acceptors (Lipinski definition) is 5. The summed E-state index contributed by atoms with van der Waals surface area (Å²) in [5, 5.41) is 8.76. The van der Waals surface area contributed by atoms with Crippen LogP contribution in [0.15, 0.2) is 43.1 Å². The molecule has 0 aliphatic carbocycles. The van der Waals surface area contributed by atoms with Gasteiger partial charge in [-0.15, -0.1) is 6.58 Å². The summed E-state index contributed by atoms with van der Waals surface area (Å²) >= 11 is 0. The molecular formula is C25H32N4O2. The molecule has 1 saturated heterocycles. The number of fused-ring (bicyclic) bond motifs is 1. The van der Waals surface area contributed by atoms with Gasteiger partial charge >= 0.3 is 0 Å². The van der Waals surface area contributed by atoms with Crippen LogP contribution in [0.1, 0.15) is 49.4 Å². The number of likely N-dealkylation sites (tertiary alicyclic amines) is 1. The number of rotatable bonds is 8. The van der Waals surface area contributed by atoms with Gasteiger partial charge in [0.2, 0.25) is 0 Å². The van der Waals surface area contributed by atoms with Crippen molar-refractivity contribution in [1.29, 1.82) is 0 Å². The number of methoxy groups -OCH3 is 1. The van der Waals surface area contributed by atoms with E-state index in [0.29, 0.717) is 5.92 Å². The molecule has 1 fully saturated rings. The van der Waals surface area contributed by atoms with Crippen molar-refractivity contribution in [3.63, 3.8) is 0 Å². The predicted molar refractivity (Wildman–Crippen MR) is 124 cm³/mol. The Balaban J connectivity index is 1.46. The molecule has 2 aromatic heterocycles. The molecule has 3 aromatic rings. The van der Waals surface area contributed by atoms with Gasteiger partial charge < -0.3 is 9.47 Å². The van der Waals surface area contributed by atoms with E-state index >= 15 is 0 Å². The number of piperidine rings is 1. The van der Waals surface area contributed by atoms with Crippen LogP contribution in [0.3, 0.4) is 0 Å². The van der Waals surface area contributed by atoms with Gasteiger partial charge in [-0.1, -0.05) is 12.1 Å². The number of nitrogens with one attached hydrogen (secondary N) is 1. The summed E-state index contributed by atoms with van der Waals surface area (Å²) in [5.74, 6) is 2.13. The van der Waals surface area contributed by atoms with E-state index in [9.17, 15) is 0 Å². The van der Waals surface area contributed by atoms with Crippen molar-refractivity contribution in [2.75, 3.05) is 20.2 Å². The molecule has 3 heterocycles. The number of allylic oxidation sites excluding steroid dienone is 1. The molecule has 1 aliphatic heterocycles. The summed E-state index contributed by atoms with van der Waals surface area (Å²) in [7, 11) is 1.71. The minimum Gasteiger partial charge on any atom is -0.493 e. The number of H-pyrrole nitrogens is 1. The summed E-state index contributed by atoms with van der Waals surface area (Å²) in [6.45, 7) is 11.0. The number of ether oxygens (including phenoxy) is 2. The van der Waals surface area contributed by atoms with E-state index in [1.54, 1.807) is 13.3 Å². The maximum absolute atomic E-state index is 6.05. The lowest BCUT2D eigenvalue weighted by Gasteiger charge is -2.32. The second kappa shape index (κ2) is 9.52. The zero-order valence-electron chi connectivity index (χ0n) is 18.7. The van der Waals surface area contributed by atoms with Crippen LogP contribution >= 0.6 is 0 Å². The van der Waals surface area contributed by atoms with Crippen LogP contribution in [-0.4, -0.2) is 46.4 Å². The first-order valence-electron chi connectivity index (χ1n) is 11.1. The minimum atomic E-state index is 0.0936. The van der Waals surface area contributed by atoms with Gasteiger partial charge in [0.1, 0.15) is 0 Å². The lowest BCUT2D eigenvalue weighted by atomic mass is 9.91. The Hall–Kier alpha value is -2.86. The van der Waals surface area contributed by atoms with Crippen molar-refractivity contribution in [3.8, 4) is 11.5 Å². The standard InChI is InChI=1S/C25H32N4O2/c1-5-7-20-14-18(15-22(30-4)24(20)31-17(2)3)16-29-12-9-19(10-13-29)23-21-8-6-11-26-25(21)28-27-23/h5-6,8,11,14-15,17,19H,1,7,9-10,12-13,16H2,2-4H3,(H,26,27,28). The SMILES string of the molecule is C=CCc1cc(CN2CCC(c3[nH]nc4ncccc34)CC2)cc(OC)c1OC(C)C. The molecule has 0 radical (unpaired) electrons. The second-order valence-electron chi connectivity index (χ2n) is 8.51. The third kappa shape index (κ3) is 4.74. The van der Waals surface area contributed by atoms with E-state index in [1.165, 1.54) is 11.3 Å². The Morgan fingerprint density at radius 1 is 1.29 bits per heavy atom. The van der Waals surface area contributed by atoms with Crippen molar-refractivity contribution < 1.29 is 9.47 Å². The quantitative estimate of drug-likeness (QED) is 0.527. The van der Waals surface area contributed by atoms with Gasteiger partial charge in [0, 0.05) is 35.3 Å². The molecule has 6 nitrogen and oxygen atoms in total. The minimum absolute atomic E-state index is 0.0936. The molecule has 31 heavy (non-hydrogen) atoms. The first-order valence-corrected chi connectivity index (χ1v) is 11.1. The molecular weight excluding hydrogens is 388 g/mol. The van der Waals surface area contributed by atoms with Crippen LogP contribution < -0.4 is 9.47 Å². The van der Waals surface area contributed by atoms with Crippen LogP contribution in [0.4, 0.5) is 0 Å². The molecule has 0 atom stereocenters. The molecule has 0 saturated carbocycles. The van der Waals surface area contributed by atoms with Crippen LogP contribution in [0.5, 0.6) is 11.5 Å². The highest BCUT2D eigenvalue weighted by Gasteiger charge is 2.24. The predicted octanol–water partition coefficient (Wildman–Crippen LogP) is 4.86. The lowest BCUT2D eigenvalue weighted by molar-refractivity contribution is 0.202. The van der Waals surface area contributed by atoms with E-state index in [1.807, 2.05) is 26.0 Å². The van der Waals surface area contributed by atoms with Gasteiger partial charge in [-0.25, -0.2) is 4.98 Å². The van der Waals surface area contributed by atoms with Crippen molar-refractivity contribution >= 4 is 11.0 Å². The van der Waals surface area contributed by atoms with Crippen LogP contribution in [0.25, 0.3) is 11.0 Å². The second-order valence-corrected chi connectivity index (χ2v) is 8.51. The fraction of sp³-hybridized carbons (Fsp3) is 0.440. The van der Waals surface area contributed by atoms with Gasteiger partial charge in [-0.2, -0.15) is 5.10 Å². The summed E-state index contributed by atoms with van der Waals surface area (Å²) in [4.78, 5) is 6.87. The Morgan fingerprint density at radius 3 is 2.81 bits per heavy atom. The maximum atomic E-state index is 6.05. The van der Waals surface area contributed by atoms with E-state index in [-0.39, 0.29) is 6.10 Å². The molecule has 0 amide bonds. The average molecular weight is 421 g/mol. The highest BCUT2D eigenvalue weighted by atomic mass is 16.5. The maximum Gasteiger partial charge on any atom is 0.181 e. The first kappa shape index (κ1) is 21.4. The zero-order chi connectivity index (χ0) is 21.8. The normalized spacial score (nSPS) is 15.5. The summed E-state index contributed by atoms with van der Waals surface area (Å²) in [6.07, 6.45) is 6.78. The Kier molecular flexibility index (Phi) is 6.56. The van der Waals surface area contributed by atoms with Gasteiger partial charge in [-0.3, -0.25) is 10.00 Å². The third-order valence-electron chi connectivity index (χ3n) is 5.89. The van der Waals surface area contributed by atoms with Crippen molar-refractivity contribution in [2.24, 2.45) is 0 Å². The van der Waals surface area contributed by atoms with E-state index < -0.39 is 0 Å². The molecule has 164 valence electrons. The summed E-state index contributed by atoms with van der Waals surface area (Å²) in [5.41, 5.74) is 4.42. The van der Waals surface area contributed by atoms with Gasteiger partial charge in [0.05, 0.1) is 13.2 Å². The smallest absolute Gasteiger partial charge is 0.181 e. The number of aromatic amines is 1. The highest BCUT2D eigenvalue weighted by molar-refractivity contribution is 5.77. The number of aromatic nitrogens is 3. The Bertz CT molecular complexity index is 1040. The molecule has 1 aliphatic rings. The van der Waals surface area contributed by atoms with Gasteiger partial charge in [0.25, 0.3) is 0 Å². The molecule has 4 rings (SSSR count). The topological polar surface area (TPSA) is 63.3 Å². The van der Waals surface area contributed by atoms with Crippen LogP contribution in [0, 0.1) is 0 Å². The number of hydrogen-bond donors (Lipinski definition) is 1. The van der Waals surface area contributed by atoms with E-state index in [0.717, 1.165) is 67.0 Å². The monoisotopic (exact) mass is 420 g/mol. The fourth-order valence-electron chi connectivity index (χ4n) is 4.46. The number of pyridine rings is 1. The van der Waals surface area contributed by atoms with Crippen molar-refractivity contribution in [2.45, 2.75) is 51.7 Å². The van der Waals surface area contributed by atoms with Crippen LogP contribution in [0.2, 0.25) is 0 Å². The molecule has 1 N–H and O–H groups in total. The van der Waals surface area contributed by atoms with E-state index in [2.05, 4.69) is 44.9 Å². The molecule has 0 bridgehead atoms. The van der Waals surface area contributed by atoms with Crippen LogP contribution in [-0.2, 0) is 13.0 Å². The molecule has 0 spiro atoms. The lowest BCUT2D eigenvalue weighted by Crippen LogP contribution is -2.32. The molecule has 0 unspecified atom stereocenters. The first-order chi connectivity index (χ1) is 15.1. The molecule has 6 heteroatoms. The third-order valence-corrected chi connectivity index (χ3v) is 5.89. The highest BCUT2D eigenvalue weighted by Crippen LogP contribution is 2.36. The van der Waals surface area contributed by atoms with E-state index in [4.69, 9.17) is 9.47 Å². The zero-order valence-corrected chi connectivity index (χ0v) is 18.7. The number of benzene rings is 1. The number of nitrogens with zero attached hydrogens (tertiary/aromatic N) is 3. The Morgan fingerprint density at radius 2 is 2.10 bits per heavy atom. The van der Waals surface area contributed by atoms with Crippen molar-refractivity contribution in [3.05, 3.63) is 59.9 Å². The average Bonchev–Trinajstić information content (AvgIpc) is 3.20. The van der Waals surface area contributed by atoms with Gasteiger partial charge in [-0.05, 0) is 70.0 Å². The fourth-order valence-corrected chi connectivity index (χ4v) is 4.46. The Labute approximate surface area is 184 Å².